The number of anilines is 1. The van der Waals surface area contributed by atoms with Gasteiger partial charge < -0.3 is 14.8 Å². The van der Waals surface area contributed by atoms with Crippen LogP contribution in [0.3, 0.4) is 0 Å². The first kappa shape index (κ1) is 20.3. The number of nitrogens with zero attached hydrogens (tertiary/aromatic N) is 1. The van der Waals surface area contributed by atoms with Gasteiger partial charge in [-0.25, -0.2) is 4.39 Å². The molecule has 0 aliphatic carbocycles. The molecule has 0 saturated carbocycles. The summed E-state index contributed by atoms with van der Waals surface area (Å²) in [5, 5.41) is 3.93. The molecule has 4 rings (SSSR count). The standard InChI is InChI=1S/C24H25FN2O3/c1-2-14-30-21-10-9-20(19-4-3-13-26-22(19)21)27-23(28)24(11-15-29-16-12-24)17-5-7-18(25)8-6-17/h3-10,13H,2,11-12,14-16H2,1H3,(H,27,28). The quantitative estimate of drug-likeness (QED) is 0.633. The van der Waals surface area contributed by atoms with Crippen LogP contribution in [0.25, 0.3) is 10.9 Å². The maximum Gasteiger partial charge on any atom is 0.235 e. The van der Waals surface area contributed by atoms with Crippen molar-refractivity contribution in [1.82, 2.24) is 4.98 Å². The molecule has 6 heteroatoms. The normalized spacial score (nSPS) is 15.7. The number of benzene rings is 2. The third-order valence-electron chi connectivity index (χ3n) is 5.62. The van der Waals surface area contributed by atoms with Gasteiger partial charge in [0.1, 0.15) is 17.1 Å². The molecule has 1 amide bonds. The first-order chi connectivity index (χ1) is 14.6. The molecule has 0 atom stereocenters. The molecule has 1 saturated heterocycles. The number of hydrogen-bond acceptors (Lipinski definition) is 4. The summed E-state index contributed by atoms with van der Waals surface area (Å²) >= 11 is 0. The predicted molar refractivity (Wildman–Crippen MR) is 114 cm³/mol. The number of pyridine rings is 1. The van der Waals surface area contributed by atoms with E-state index in [2.05, 4.69) is 10.3 Å². The highest BCUT2D eigenvalue weighted by Crippen LogP contribution is 2.38. The Morgan fingerprint density at radius 3 is 2.67 bits per heavy atom. The summed E-state index contributed by atoms with van der Waals surface area (Å²) in [5.74, 6) is 0.260. The van der Waals surface area contributed by atoms with E-state index < -0.39 is 5.41 Å². The van der Waals surface area contributed by atoms with Gasteiger partial charge in [0.15, 0.2) is 0 Å². The van der Waals surface area contributed by atoms with Gasteiger partial charge >= 0.3 is 0 Å². The number of hydrogen-bond donors (Lipinski definition) is 1. The van der Waals surface area contributed by atoms with Crippen LogP contribution >= 0.6 is 0 Å². The summed E-state index contributed by atoms with van der Waals surface area (Å²) in [7, 11) is 0. The maximum atomic E-state index is 13.6. The SMILES string of the molecule is CCCOc1ccc(NC(=O)C2(c3ccc(F)cc3)CCOCC2)c2cccnc12. The molecular weight excluding hydrogens is 383 g/mol. The van der Waals surface area contributed by atoms with Gasteiger partial charge in [0.05, 0.1) is 17.7 Å². The lowest BCUT2D eigenvalue weighted by Crippen LogP contribution is -2.44. The molecule has 0 radical (unpaired) electrons. The molecule has 0 spiro atoms. The van der Waals surface area contributed by atoms with E-state index >= 15 is 0 Å². The topological polar surface area (TPSA) is 60.5 Å². The van der Waals surface area contributed by atoms with Crippen molar-refractivity contribution >= 4 is 22.5 Å². The Kier molecular flexibility index (Phi) is 5.95. The second-order valence-corrected chi connectivity index (χ2v) is 7.51. The lowest BCUT2D eigenvalue weighted by molar-refractivity contribution is -0.125. The second-order valence-electron chi connectivity index (χ2n) is 7.51. The van der Waals surface area contributed by atoms with E-state index in [4.69, 9.17) is 9.47 Å². The van der Waals surface area contributed by atoms with Crippen molar-refractivity contribution in [2.45, 2.75) is 31.6 Å². The van der Waals surface area contributed by atoms with Gasteiger partial charge in [-0.1, -0.05) is 19.1 Å². The van der Waals surface area contributed by atoms with Gasteiger partial charge in [0.2, 0.25) is 5.91 Å². The summed E-state index contributed by atoms with van der Waals surface area (Å²) in [6, 6.07) is 13.7. The molecule has 3 aromatic rings. The molecule has 156 valence electrons. The summed E-state index contributed by atoms with van der Waals surface area (Å²) in [6.45, 7) is 3.62. The smallest absolute Gasteiger partial charge is 0.235 e. The minimum atomic E-state index is -0.766. The van der Waals surface area contributed by atoms with E-state index in [-0.39, 0.29) is 11.7 Å². The van der Waals surface area contributed by atoms with Crippen molar-refractivity contribution in [2.24, 2.45) is 0 Å². The summed E-state index contributed by atoms with van der Waals surface area (Å²) in [5.41, 5.74) is 1.43. The molecule has 1 fully saturated rings. The first-order valence-electron chi connectivity index (χ1n) is 10.3. The van der Waals surface area contributed by atoms with E-state index in [1.54, 1.807) is 18.3 Å². The number of aromatic nitrogens is 1. The highest BCUT2D eigenvalue weighted by Gasteiger charge is 2.42. The van der Waals surface area contributed by atoms with Crippen molar-refractivity contribution in [3.8, 4) is 5.75 Å². The van der Waals surface area contributed by atoms with Crippen LogP contribution in [0.15, 0.2) is 54.7 Å². The van der Waals surface area contributed by atoms with Crippen molar-refractivity contribution in [1.29, 1.82) is 0 Å². The number of fused-ring (bicyclic) bond motifs is 1. The van der Waals surface area contributed by atoms with Crippen molar-refractivity contribution in [2.75, 3.05) is 25.1 Å². The van der Waals surface area contributed by atoms with Crippen molar-refractivity contribution in [3.05, 3.63) is 66.1 Å². The lowest BCUT2D eigenvalue weighted by Gasteiger charge is -2.36. The Morgan fingerprint density at radius 2 is 1.93 bits per heavy atom. The number of nitrogens with one attached hydrogen (secondary N) is 1. The molecular formula is C24H25FN2O3. The zero-order valence-corrected chi connectivity index (χ0v) is 17.0. The van der Waals surface area contributed by atoms with Gasteiger partial charge in [0.25, 0.3) is 0 Å². The molecule has 2 heterocycles. The Labute approximate surface area is 175 Å². The van der Waals surface area contributed by atoms with Gasteiger partial charge in [0, 0.05) is 24.8 Å². The van der Waals surface area contributed by atoms with Gasteiger partial charge in [-0.15, -0.1) is 0 Å². The first-order valence-corrected chi connectivity index (χ1v) is 10.3. The minimum Gasteiger partial charge on any atom is -0.491 e. The molecule has 1 N–H and O–H groups in total. The van der Waals surface area contributed by atoms with Crippen molar-refractivity contribution < 1.29 is 18.7 Å². The number of rotatable bonds is 6. The molecule has 30 heavy (non-hydrogen) atoms. The number of carbonyl (C=O) groups is 1. The molecule has 5 nitrogen and oxygen atoms in total. The van der Waals surface area contributed by atoms with Crippen LogP contribution in [0, 0.1) is 5.82 Å². The van der Waals surface area contributed by atoms with Crippen LogP contribution in [0.1, 0.15) is 31.7 Å². The summed E-state index contributed by atoms with van der Waals surface area (Å²) in [4.78, 5) is 18.0. The molecule has 2 aromatic carbocycles. The second kappa shape index (κ2) is 8.79. The average Bonchev–Trinajstić information content (AvgIpc) is 2.79. The fraction of sp³-hybridized carbons (Fsp3) is 0.333. The van der Waals surface area contributed by atoms with Gasteiger partial charge in [-0.05, 0) is 61.2 Å². The van der Waals surface area contributed by atoms with Crippen LogP contribution in [-0.4, -0.2) is 30.7 Å². The fourth-order valence-corrected chi connectivity index (χ4v) is 3.96. The van der Waals surface area contributed by atoms with Gasteiger partial charge in [-0.3, -0.25) is 9.78 Å². The van der Waals surface area contributed by atoms with E-state index in [1.165, 1.54) is 12.1 Å². The third-order valence-corrected chi connectivity index (χ3v) is 5.62. The Morgan fingerprint density at radius 1 is 1.17 bits per heavy atom. The lowest BCUT2D eigenvalue weighted by atomic mass is 9.73. The average molecular weight is 408 g/mol. The van der Waals surface area contributed by atoms with E-state index in [0.29, 0.717) is 49.6 Å². The molecule has 1 aromatic heterocycles. The third kappa shape index (κ3) is 3.87. The number of ether oxygens (including phenoxy) is 2. The zero-order valence-electron chi connectivity index (χ0n) is 17.0. The maximum absolute atomic E-state index is 13.6. The monoisotopic (exact) mass is 408 g/mol. The molecule has 0 unspecified atom stereocenters. The highest BCUT2D eigenvalue weighted by molar-refractivity contribution is 6.06. The van der Waals surface area contributed by atoms with E-state index in [9.17, 15) is 9.18 Å². The van der Waals surface area contributed by atoms with E-state index in [1.807, 2.05) is 31.2 Å². The largest absolute Gasteiger partial charge is 0.491 e. The van der Waals surface area contributed by atoms with Gasteiger partial charge in [-0.2, -0.15) is 0 Å². The van der Waals surface area contributed by atoms with Crippen LogP contribution in [0.2, 0.25) is 0 Å². The minimum absolute atomic E-state index is 0.121. The molecule has 1 aliphatic rings. The number of amides is 1. The summed E-state index contributed by atoms with van der Waals surface area (Å²) in [6.07, 6.45) is 3.69. The number of halogens is 1. The van der Waals surface area contributed by atoms with Crippen molar-refractivity contribution in [3.63, 3.8) is 0 Å². The Balaban J connectivity index is 1.69. The predicted octanol–water partition coefficient (Wildman–Crippen LogP) is 4.85. The van der Waals surface area contributed by atoms with E-state index in [0.717, 1.165) is 17.4 Å². The fourth-order valence-electron chi connectivity index (χ4n) is 3.96. The van der Waals surface area contributed by atoms with Crippen LogP contribution in [0.5, 0.6) is 5.75 Å². The zero-order chi connectivity index (χ0) is 21.0. The Bertz CT molecular complexity index is 1030. The number of carbonyl (C=O) groups excluding carboxylic acids is 1. The Hall–Kier alpha value is -2.99. The highest BCUT2D eigenvalue weighted by atomic mass is 19.1. The van der Waals surface area contributed by atoms with Crippen LogP contribution in [-0.2, 0) is 14.9 Å². The summed E-state index contributed by atoms with van der Waals surface area (Å²) < 4.78 is 24.8. The molecule has 1 aliphatic heterocycles. The van der Waals surface area contributed by atoms with Crippen LogP contribution in [0.4, 0.5) is 10.1 Å². The molecule has 0 bridgehead atoms. The van der Waals surface area contributed by atoms with Crippen LogP contribution < -0.4 is 10.1 Å².